The largest absolute Gasteiger partial charge is 0.379 e. The molecule has 2 fully saturated rings. The van der Waals surface area contributed by atoms with Crippen molar-refractivity contribution in [2.45, 2.75) is 44.7 Å². The molecule has 0 aromatic carbocycles. The number of ether oxygens (including phenoxy) is 1. The maximum absolute atomic E-state index is 12.9. The molecule has 0 spiro atoms. The van der Waals surface area contributed by atoms with E-state index in [1.54, 1.807) is 10.4 Å². The number of aryl methyl sites for hydroxylation is 2. The van der Waals surface area contributed by atoms with E-state index in [0.29, 0.717) is 39.4 Å². The predicted octanol–water partition coefficient (Wildman–Crippen LogP) is -0.227. The van der Waals surface area contributed by atoms with Gasteiger partial charge in [0.2, 0.25) is 0 Å². The van der Waals surface area contributed by atoms with Crippen LogP contribution in [-0.2, 0) is 34.3 Å². The van der Waals surface area contributed by atoms with Crippen LogP contribution in [0.15, 0.2) is 10.9 Å². The molecule has 1 aromatic rings. The van der Waals surface area contributed by atoms with E-state index >= 15 is 0 Å². The van der Waals surface area contributed by atoms with E-state index in [2.05, 4.69) is 5.10 Å². The Morgan fingerprint density at radius 3 is 2.76 bits per heavy atom. The van der Waals surface area contributed by atoms with Crippen molar-refractivity contribution < 1.29 is 13.2 Å². The first kappa shape index (κ1) is 17.1. The fourth-order valence-electron chi connectivity index (χ4n) is 3.99. The summed E-state index contributed by atoms with van der Waals surface area (Å²) in [6.07, 6.45) is 4.42. The van der Waals surface area contributed by atoms with Crippen molar-refractivity contribution in [2.75, 3.05) is 32.8 Å². The van der Waals surface area contributed by atoms with Gasteiger partial charge >= 0.3 is 0 Å². The third-order valence-corrected chi connectivity index (χ3v) is 7.41. The lowest BCUT2D eigenvalue weighted by molar-refractivity contribution is 0.0697. The summed E-state index contributed by atoms with van der Waals surface area (Å²) in [6.45, 7) is 2.48. The summed E-state index contributed by atoms with van der Waals surface area (Å²) in [5, 5.41) is 4.49. The highest BCUT2D eigenvalue weighted by molar-refractivity contribution is 7.86. The molecule has 2 saturated heterocycles. The number of hydrogen-bond acceptors (Lipinski definition) is 5. The maximum atomic E-state index is 12.9. The van der Waals surface area contributed by atoms with Crippen LogP contribution >= 0.6 is 0 Å². The second-order valence-electron chi connectivity index (χ2n) is 6.92. The fraction of sp³-hybridized carbons (Fsp3) is 0.750. The Hall–Kier alpha value is -1.29. The first-order valence-electron chi connectivity index (χ1n) is 9.00. The minimum absolute atomic E-state index is 0.128. The highest BCUT2D eigenvalue weighted by Gasteiger charge is 2.39. The smallest absolute Gasteiger partial charge is 0.282 e. The van der Waals surface area contributed by atoms with Crippen molar-refractivity contribution in [1.29, 1.82) is 0 Å². The van der Waals surface area contributed by atoms with Gasteiger partial charge in [-0.05, 0) is 37.7 Å². The Morgan fingerprint density at radius 2 is 1.96 bits per heavy atom. The molecule has 9 heteroatoms. The summed E-state index contributed by atoms with van der Waals surface area (Å²) in [4.78, 5) is 12.3. The van der Waals surface area contributed by atoms with Crippen LogP contribution in [0.1, 0.15) is 30.5 Å². The Bertz CT molecular complexity index is 801. The van der Waals surface area contributed by atoms with Gasteiger partial charge in [0, 0.05) is 31.7 Å². The van der Waals surface area contributed by atoms with Crippen LogP contribution in [-0.4, -0.2) is 65.7 Å². The van der Waals surface area contributed by atoms with Crippen LogP contribution in [0.4, 0.5) is 0 Å². The van der Waals surface area contributed by atoms with E-state index in [1.807, 2.05) is 0 Å². The van der Waals surface area contributed by atoms with Crippen molar-refractivity contribution in [3.63, 3.8) is 0 Å². The van der Waals surface area contributed by atoms with E-state index in [9.17, 15) is 13.2 Å². The topological polar surface area (TPSA) is 84.7 Å². The van der Waals surface area contributed by atoms with Crippen molar-refractivity contribution in [1.82, 2.24) is 18.4 Å². The Labute approximate surface area is 147 Å². The van der Waals surface area contributed by atoms with Gasteiger partial charge in [-0.1, -0.05) is 0 Å². The number of nitrogens with zero attached hydrogens (tertiary/aromatic N) is 4. The minimum Gasteiger partial charge on any atom is -0.379 e. The monoisotopic (exact) mass is 368 g/mol. The molecular formula is C16H24N4O4S. The zero-order valence-corrected chi connectivity index (χ0v) is 15.1. The van der Waals surface area contributed by atoms with Crippen molar-refractivity contribution >= 4 is 10.2 Å². The van der Waals surface area contributed by atoms with Gasteiger partial charge < -0.3 is 4.74 Å². The second kappa shape index (κ2) is 6.79. The van der Waals surface area contributed by atoms with Gasteiger partial charge in [-0.15, -0.1) is 0 Å². The molecule has 2 aliphatic heterocycles. The summed E-state index contributed by atoms with van der Waals surface area (Å²) in [7, 11) is -3.51. The molecule has 1 aliphatic carbocycles. The van der Waals surface area contributed by atoms with Crippen molar-refractivity contribution in [3.05, 3.63) is 27.7 Å². The molecule has 3 aliphatic rings. The number of hydrogen-bond donors (Lipinski definition) is 0. The van der Waals surface area contributed by atoms with Crippen molar-refractivity contribution in [2.24, 2.45) is 0 Å². The van der Waals surface area contributed by atoms with Gasteiger partial charge in [0.15, 0.2) is 0 Å². The molecule has 0 radical (unpaired) electrons. The molecule has 0 saturated carbocycles. The molecular weight excluding hydrogens is 344 g/mol. The molecule has 0 N–H and O–H groups in total. The third-order valence-electron chi connectivity index (χ3n) is 5.32. The lowest BCUT2D eigenvalue weighted by atomic mass is 10.2. The van der Waals surface area contributed by atoms with Gasteiger partial charge in [-0.2, -0.15) is 22.1 Å². The third kappa shape index (κ3) is 3.25. The highest BCUT2D eigenvalue weighted by Crippen LogP contribution is 2.25. The number of aromatic nitrogens is 2. The van der Waals surface area contributed by atoms with Crippen LogP contribution in [0.25, 0.3) is 0 Å². The summed E-state index contributed by atoms with van der Waals surface area (Å²) in [5.74, 6) is 0. The molecule has 0 amide bonds. The number of rotatable bonds is 4. The lowest BCUT2D eigenvalue weighted by Crippen LogP contribution is -2.51. The Balaban J connectivity index is 1.55. The van der Waals surface area contributed by atoms with E-state index in [1.165, 1.54) is 8.99 Å². The van der Waals surface area contributed by atoms with Crippen LogP contribution in [0.5, 0.6) is 0 Å². The SMILES string of the molecule is O=c1cc2c(nn1CC1CCCN1S(=O)(=O)N1CCOCC1)CCC2. The molecule has 8 nitrogen and oxygen atoms in total. The van der Waals surface area contributed by atoms with Crippen LogP contribution in [0.2, 0.25) is 0 Å². The quantitative estimate of drug-likeness (QED) is 0.733. The predicted molar refractivity (Wildman–Crippen MR) is 91.6 cm³/mol. The fourth-order valence-corrected chi connectivity index (χ4v) is 5.81. The average Bonchev–Trinajstić information content (AvgIpc) is 3.25. The average molecular weight is 368 g/mol. The molecule has 3 heterocycles. The van der Waals surface area contributed by atoms with Crippen LogP contribution in [0.3, 0.4) is 0 Å². The van der Waals surface area contributed by atoms with E-state index < -0.39 is 10.2 Å². The lowest BCUT2D eigenvalue weighted by Gasteiger charge is -2.33. The Morgan fingerprint density at radius 1 is 1.16 bits per heavy atom. The summed E-state index contributed by atoms with van der Waals surface area (Å²) >= 11 is 0. The molecule has 25 heavy (non-hydrogen) atoms. The molecule has 1 aromatic heterocycles. The molecule has 138 valence electrons. The minimum atomic E-state index is -3.51. The standard InChI is InChI=1S/C16H24N4O4S/c21-16-11-13-3-1-5-15(13)17-19(16)12-14-4-2-6-20(14)25(22,23)18-7-9-24-10-8-18/h11,14H,1-10,12H2. The van der Waals surface area contributed by atoms with Gasteiger partial charge in [-0.25, -0.2) is 4.68 Å². The molecule has 0 bridgehead atoms. The Kier molecular flexibility index (Phi) is 4.65. The maximum Gasteiger partial charge on any atom is 0.282 e. The zero-order valence-electron chi connectivity index (χ0n) is 14.3. The van der Waals surface area contributed by atoms with E-state index in [0.717, 1.165) is 43.4 Å². The first-order chi connectivity index (χ1) is 12.1. The van der Waals surface area contributed by atoms with E-state index in [-0.39, 0.29) is 11.6 Å². The molecule has 4 rings (SSSR count). The number of fused-ring (bicyclic) bond motifs is 1. The van der Waals surface area contributed by atoms with E-state index in [4.69, 9.17) is 4.74 Å². The zero-order chi connectivity index (χ0) is 17.4. The van der Waals surface area contributed by atoms with Gasteiger partial charge in [0.1, 0.15) is 0 Å². The van der Waals surface area contributed by atoms with Gasteiger partial charge in [-0.3, -0.25) is 4.79 Å². The van der Waals surface area contributed by atoms with Crippen molar-refractivity contribution in [3.8, 4) is 0 Å². The second-order valence-corrected chi connectivity index (χ2v) is 8.80. The summed E-state index contributed by atoms with van der Waals surface area (Å²) < 4.78 is 35.7. The summed E-state index contributed by atoms with van der Waals surface area (Å²) in [6, 6.07) is 1.46. The molecule has 1 unspecified atom stereocenters. The van der Waals surface area contributed by atoms with Crippen LogP contribution < -0.4 is 5.56 Å². The van der Waals surface area contributed by atoms with Gasteiger partial charge in [0.05, 0.1) is 25.5 Å². The first-order valence-corrected chi connectivity index (χ1v) is 10.4. The van der Waals surface area contributed by atoms with Gasteiger partial charge in [0.25, 0.3) is 15.8 Å². The van der Waals surface area contributed by atoms with Crippen LogP contribution in [0, 0.1) is 0 Å². The highest BCUT2D eigenvalue weighted by atomic mass is 32.2. The normalized spacial score (nSPS) is 25.4. The number of morpholine rings is 1. The molecule has 1 atom stereocenters. The summed E-state index contributed by atoms with van der Waals surface area (Å²) in [5.41, 5.74) is 1.90.